The van der Waals surface area contributed by atoms with Gasteiger partial charge in [-0.2, -0.15) is 0 Å². The quantitative estimate of drug-likeness (QED) is 0.487. The maximum atomic E-state index is 12.7. The molecule has 0 aromatic heterocycles. The van der Waals surface area contributed by atoms with Gasteiger partial charge in [-0.25, -0.2) is 4.79 Å². The molecule has 1 saturated heterocycles. The molecule has 2 N–H and O–H groups in total. The zero-order chi connectivity index (χ0) is 22.5. The van der Waals surface area contributed by atoms with E-state index < -0.39 is 17.6 Å². The highest BCUT2D eigenvalue weighted by atomic mass is 32.2. The summed E-state index contributed by atoms with van der Waals surface area (Å²) in [7, 11) is 0. The molecule has 3 rings (SSSR count). The van der Waals surface area contributed by atoms with Crippen molar-refractivity contribution in [2.75, 3.05) is 11.9 Å². The molecule has 160 valence electrons. The lowest BCUT2D eigenvalue weighted by atomic mass is 10.1. The van der Waals surface area contributed by atoms with Gasteiger partial charge in [-0.1, -0.05) is 60.9 Å². The molecular weight excluding hydrogens is 436 g/mol. The van der Waals surface area contributed by atoms with Gasteiger partial charge in [0.2, 0.25) is 5.91 Å². The Morgan fingerprint density at radius 2 is 1.94 bits per heavy atom. The van der Waals surface area contributed by atoms with Crippen LogP contribution in [0.1, 0.15) is 34.8 Å². The smallest absolute Gasteiger partial charge is 0.335 e. The number of carbonyl (C=O) groups excluding carboxylic acids is 2. The lowest BCUT2D eigenvalue weighted by Gasteiger charge is -2.15. The lowest BCUT2D eigenvalue weighted by molar-refractivity contribution is -0.268. The molecule has 0 radical (unpaired) electrons. The number of aromatic carboxylic acids is 1. The number of rotatable bonds is 7. The highest BCUT2D eigenvalue weighted by Gasteiger charge is 2.32. The Morgan fingerprint density at radius 1 is 1.23 bits per heavy atom. The van der Waals surface area contributed by atoms with Crippen LogP contribution in [0.2, 0.25) is 0 Å². The van der Waals surface area contributed by atoms with Gasteiger partial charge >= 0.3 is 5.97 Å². The van der Waals surface area contributed by atoms with Crippen molar-refractivity contribution in [2.45, 2.75) is 19.8 Å². The van der Waals surface area contributed by atoms with Gasteiger partial charge in [0.15, 0.2) is 0 Å². The fourth-order valence-electron chi connectivity index (χ4n) is 2.91. The molecule has 2 aromatic rings. The van der Waals surface area contributed by atoms with E-state index in [0.717, 1.165) is 24.1 Å². The van der Waals surface area contributed by atoms with Crippen LogP contribution in [0.3, 0.4) is 0 Å². The van der Waals surface area contributed by atoms with Gasteiger partial charge in [-0.15, -0.1) is 0 Å². The number of anilines is 1. The van der Waals surface area contributed by atoms with Crippen molar-refractivity contribution >= 4 is 57.8 Å². The van der Waals surface area contributed by atoms with Crippen molar-refractivity contribution in [3.05, 3.63) is 64.1 Å². The SMILES string of the molecule is CCc1ccc(/C=C2\SC(=S)N(CCC(=O)Nc3ccc(C(=O)O)c([O-])c3)C2=O)cc1. The minimum Gasteiger partial charge on any atom is -0.872 e. The van der Waals surface area contributed by atoms with Gasteiger partial charge in [0.25, 0.3) is 5.91 Å². The fraction of sp³-hybridized carbons (Fsp3) is 0.182. The van der Waals surface area contributed by atoms with Crippen LogP contribution in [0.4, 0.5) is 5.69 Å². The summed E-state index contributed by atoms with van der Waals surface area (Å²) in [6.45, 7) is 2.17. The number of carboxylic acids is 1. The molecule has 0 unspecified atom stereocenters. The van der Waals surface area contributed by atoms with Crippen LogP contribution in [-0.2, 0) is 16.0 Å². The maximum absolute atomic E-state index is 12.7. The summed E-state index contributed by atoms with van der Waals surface area (Å²) < 4.78 is 0.377. The first-order valence-corrected chi connectivity index (χ1v) is 10.7. The Morgan fingerprint density at radius 3 is 2.55 bits per heavy atom. The predicted octanol–water partition coefficient (Wildman–Crippen LogP) is 3.25. The molecular formula is C22H19N2O5S2-. The zero-order valence-corrected chi connectivity index (χ0v) is 18.2. The first kappa shape index (κ1) is 22.5. The molecule has 9 heteroatoms. The highest BCUT2D eigenvalue weighted by molar-refractivity contribution is 8.26. The molecule has 1 fully saturated rings. The largest absolute Gasteiger partial charge is 0.872 e. The first-order chi connectivity index (χ1) is 14.8. The van der Waals surface area contributed by atoms with E-state index in [-0.39, 0.29) is 30.1 Å². The molecule has 31 heavy (non-hydrogen) atoms. The van der Waals surface area contributed by atoms with Crippen LogP contribution in [0.25, 0.3) is 6.08 Å². The summed E-state index contributed by atoms with van der Waals surface area (Å²) in [4.78, 5) is 37.7. The normalized spacial score (nSPS) is 14.9. The van der Waals surface area contributed by atoms with Gasteiger partial charge in [0.1, 0.15) is 4.32 Å². The number of benzene rings is 2. The van der Waals surface area contributed by atoms with Crippen molar-refractivity contribution in [3.63, 3.8) is 0 Å². The van der Waals surface area contributed by atoms with Crippen molar-refractivity contribution in [2.24, 2.45) is 0 Å². The van der Waals surface area contributed by atoms with E-state index in [4.69, 9.17) is 17.3 Å². The van der Waals surface area contributed by atoms with E-state index in [0.29, 0.717) is 9.23 Å². The summed E-state index contributed by atoms with van der Waals surface area (Å²) in [6.07, 6.45) is 2.68. The number of carboxylic acid groups (broad SMARTS) is 1. The predicted molar refractivity (Wildman–Crippen MR) is 122 cm³/mol. The van der Waals surface area contributed by atoms with Crippen LogP contribution < -0.4 is 10.4 Å². The second-order valence-electron chi connectivity index (χ2n) is 6.74. The zero-order valence-electron chi connectivity index (χ0n) is 16.6. The van der Waals surface area contributed by atoms with Gasteiger partial charge in [0.05, 0.1) is 10.5 Å². The molecule has 7 nitrogen and oxygen atoms in total. The van der Waals surface area contributed by atoms with E-state index >= 15 is 0 Å². The summed E-state index contributed by atoms with van der Waals surface area (Å²) in [5, 5.41) is 23.1. The topological polar surface area (TPSA) is 110 Å². The summed E-state index contributed by atoms with van der Waals surface area (Å²) in [6, 6.07) is 11.4. The molecule has 2 aromatic carbocycles. The van der Waals surface area contributed by atoms with Crippen LogP contribution in [-0.4, -0.2) is 38.7 Å². The number of nitrogens with one attached hydrogen (secondary N) is 1. The summed E-state index contributed by atoms with van der Waals surface area (Å²) in [5.74, 6) is -2.70. The number of carbonyl (C=O) groups is 3. The van der Waals surface area contributed by atoms with Gasteiger partial charge in [-0.3, -0.25) is 14.5 Å². The first-order valence-electron chi connectivity index (χ1n) is 9.47. The van der Waals surface area contributed by atoms with Crippen molar-refractivity contribution in [1.82, 2.24) is 4.90 Å². The average molecular weight is 456 g/mol. The second kappa shape index (κ2) is 9.76. The van der Waals surface area contributed by atoms with E-state index in [1.807, 2.05) is 24.3 Å². The number of amides is 2. The lowest BCUT2D eigenvalue weighted by Crippen LogP contribution is -2.31. The third-order valence-electron chi connectivity index (χ3n) is 4.62. The molecule has 1 heterocycles. The molecule has 0 spiro atoms. The van der Waals surface area contributed by atoms with E-state index in [9.17, 15) is 19.5 Å². The molecule has 1 aliphatic heterocycles. The Kier molecular flexibility index (Phi) is 7.09. The Bertz CT molecular complexity index is 1080. The maximum Gasteiger partial charge on any atom is 0.335 e. The number of thiocarbonyl (C=S) groups is 1. The molecule has 0 bridgehead atoms. The van der Waals surface area contributed by atoms with Crippen LogP contribution in [0.15, 0.2) is 47.4 Å². The van der Waals surface area contributed by atoms with Crippen LogP contribution in [0, 0.1) is 0 Å². The molecule has 0 saturated carbocycles. The molecule has 0 atom stereocenters. The van der Waals surface area contributed by atoms with Crippen LogP contribution >= 0.6 is 24.0 Å². The molecule has 1 aliphatic rings. The number of nitrogens with zero attached hydrogens (tertiary/aromatic N) is 1. The second-order valence-corrected chi connectivity index (χ2v) is 8.42. The third kappa shape index (κ3) is 5.50. The average Bonchev–Trinajstić information content (AvgIpc) is 2.99. The monoisotopic (exact) mass is 455 g/mol. The summed E-state index contributed by atoms with van der Waals surface area (Å²) in [5.41, 5.74) is 1.93. The summed E-state index contributed by atoms with van der Waals surface area (Å²) >= 11 is 6.48. The third-order valence-corrected chi connectivity index (χ3v) is 6.00. The van der Waals surface area contributed by atoms with Gasteiger partial charge in [-0.05, 0) is 41.8 Å². The number of thioether (sulfide) groups is 1. The number of aryl methyl sites for hydroxylation is 1. The van der Waals surface area contributed by atoms with Crippen molar-refractivity contribution in [3.8, 4) is 5.75 Å². The Labute approximate surface area is 188 Å². The number of hydrogen-bond donors (Lipinski definition) is 2. The van der Waals surface area contributed by atoms with Crippen molar-refractivity contribution < 1.29 is 24.6 Å². The molecule has 0 aliphatic carbocycles. The Hall–Kier alpha value is -3.17. The van der Waals surface area contributed by atoms with E-state index in [1.54, 1.807) is 6.08 Å². The molecule has 2 amide bonds. The minimum absolute atomic E-state index is 0.0280. The number of hydrogen-bond acceptors (Lipinski definition) is 6. The van der Waals surface area contributed by atoms with Crippen molar-refractivity contribution in [1.29, 1.82) is 0 Å². The standard InChI is InChI=1S/C22H20N2O5S2/c1-2-13-3-5-14(6-4-13)11-18-20(27)24(22(30)31-18)10-9-19(26)23-15-7-8-16(21(28)29)17(25)12-15/h3-8,11-12,25H,2,9-10H2,1H3,(H,23,26)(H,28,29)/p-1/b18-11-. The van der Waals surface area contributed by atoms with Gasteiger partial charge < -0.3 is 15.5 Å². The fourth-order valence-corrected chi connectivity index (χ4v) is 4.22. The highest BCUT2D eigenvalue weighted by Crippen LogP contribution is 2.32. The van der Waals surface area contributed by atoms with Gasteiger partial charge in [0, 0.05) is 18.7 Å². The van der Waals surface area contributed by atoms with Crippen LogP contribution in [0.5, 0.6) is 5.75 Å². The Balaban J connectivity index is 1.59. The van der Waals surface area contributed by atoms with E-state index in [2.05, 4.69) is 12.2 Å². The van der Waals surface area contributed by atoms with E-state index in [1.165, 1.54) is 28.3 Å². The minimum atomic E-state index is -1.33.